The molecule has 13 nitrogen and oxygen atoms in total. The van der Waals surface area contributed by atoms with Crippen molar-refractivity contribution in [3.8, 4) is 5.75 Å². The van der Waals surface area contributed by atoms with E-state index in [1.54, 1.807) is 49.2 Å². The topological polar surface area (TPSA) is 155 Å². The van der Waals surface area contributed by atoms with Crippen molar-refractivity contribution in [2.45, 2.75) is 32.5 Å². The minimum absolute atomic E-state index is 0.0980. The van der Waals surface area contributed by atoms with Crippen molar-refractivity contribution >= 4 is 29.2 Å². The third-order valence-electron chi connectivity index (χ3n) is 6.47. The molecule has 4 rings (SSSR count). The smallest absolute Gasteiger partial charge is 0.321 e. The van der Waals surface area contributed by atoms with Crippen LogP contribution < -0.4 is 15.4 Å². The van der Waals surface area contributed by atoms with Gasteiger partial charge in [-0.1, -0.05) is 25.1 Å². The number of carbonyl (C=O) groups is 3. The largest absolute Gasteiger partial charge is 0.487 e. The summed E-state index contributed by atoms with van der Waals surface area (Å²) in [7, 11) is 1.68. The number of benzene rings is 2. The van der Waals surface area contributed by atoms with Crippen molar-refractivity contribution in [2.24, 2.45) is 5.92 Å². The molecule has 2 aromatic carbocycles. The molecular formula is C26H32N8O5. The summed E-state index contributed by atoms with van der Waals surface area (Å²) < 4.78 is 7.60. The SMILES string of the molecule is C[C@H](CO)N1C[C@H](C)[C@H](CN(C)C(=O)Nc2ccccc2)Oc2ccc(NC(=O)Cn3cnnn3)cc2C1=O. The van der Waals surface area contributed by atoms with Gasteiger partial charge in [0.1, 0.15) is 24.7 Å². The molecule has 0 bridgehead atoms. The summed E-state index contributed by atoms with van der Waals surface area (Å²) in [6.45, 7) is 3.93. The number of anilines is 2. The molecule has 3 N–H and O–H groups in total. The van der Waals surface area contributed by atoms with Gasteiger partial charge in [-0.3, -0.25) is 9.59 Å². The van der Waals surface area contributed by atoms with Crippen molar-refractivity contribution < 1.29 is 24.2 Å². The lowest BCUT2D eigenvalue weighted by Crippen LogP contribution is -2.50. The van der Waals surface area contributed by atoms with E-state index in [1.807, 2.05) is 25.1 Å². The van der Waals surface area contributed by atoms with Crippen LogP contribution in [0.25, 0.3) is 0 Å². The van der Waals surface area contributed by atoms with Crippen LogP contribution in [0.3, 0.4) is 0 Å². The predicted molar refractivity (Wildman–Crippen MR) is 142 cm³/mol. The average Bonchev–Trinajstić information content (AvgIpc) is 3.43. The van der Waals surface area contributed by atoms with E-state index in [0.717, 1.165) is 0 Å². The monoisotopic (exact) mass is 536 g/mol. The number of hydrogen-bond acceptors (Lipinski definition) is 8. The second kappa shape index (κ2) is 12.3. The Bertz CT molecular complexity index is 1290. The molecule has 1 aliphatic heterocycles. The summed E-state index contributed by atoms with van der Waals surface area (Å²) in [6, 6.07) is 13.2. The van der Waals surface area contributed by atoms with Crippen LogP contribution in [0.5, 0.6) is 5.75 Å². The van der Waals surface area contributed by atoms with E-state index >= 15 is 0 Å². The molecule has 0 unspecified atom stereocenters. The Labute approximate surface area is 225 Å². The fraction of sp³-hybridized carbons (Fsp3) is 0.385. The number of rotatable bonds is 8. The Balaban J connectivity index is 1.55. The summed E-state index contributed by atoms with van der Waals surface area (Å²) >= 11 is 0. The van der Waals surface area contributed by atoms with Crippen LogP contribution in [-0.2, 0) is 11.3 Å². The van der Waals surface area contributed by atoms with Crippen LogP contribution in [0.1, 0.15) is 24.2 Å². The minimum Gasteiger partial charge on any atom is -0.487 e. The Kier molecular flexibility index (Phi) is 8.71. The molecule has 0 aliphatic carbocycles. The zero-order valence-corrected chi connectivity index (χ0v) is 22.0. The lowest BCUT2D eigenvalue weighted by atomic mass is 9.99. The first-order chi connectivity index (χ1) is 18.7. The van der Waals surface area contributed by atoms with Crippen LogP contribution in [-0.4, -0.2) is 91.8 Å². The van der Waals surface area contributed by atoms with Crippen molar-refractivity contribution in [1.82, 2.24) is 30.0 Å². The zero-order valence-electron chi connectivity index (χ0n) is 22.0. The molecule has 0 radical (unpaired) electrons. The Hall–Kier alpha value is -4.52. The van der Waals surface area contributed by atoms with E-state index in [0.29, 0.717) is 23.7 Å². The number of fused-ring (bicyclic) bond motifs is 1. The summed E-state index contributed by atoms with van der Waals surface area (Å²) in [5.41, 5.74) is 1.31. The van der Waals surface area contributed by atoms with Gasteiger partial charge in [0.2, 0.25) is 5.91 Å². The first-order valence-electron chi connectivity index (χ1n) is 12.6. The van der Waals surface area contributed by atoms with E-state index in [-0.39, 0.29) is 49.0 Å². The molecule has 1 aliphatic rings. The maximum atomic E-state index is 13.6. The zero-order chi connectivity index (χ0) is 27.9. The number of aliphatic hydroxyl groups excluding tert-OH is 1. The molecule has 4 amide bonds. The molecule has 0 saturated carbocycles. The van der Waals surface area contributed by atoms with Gasteiger partial charge in [-0.25, -0.2) is 9.48 Å². The molecule has 3 atom stereocenters. The van der Waals surface area contributed by atoms with Gasteiger partial charge in [0.25, 0.3) is 5.91 Å². The van der Waals surface area contributed by atoms with Gasteiger partial charge in [0.05, 0.1) is 24.8 Å². The Morgan fingerprint density at radius 2 is 1.95 bits per heavy atom. The van der Waals surface area contributed by atoms with Gasteiger partial charge in [-0.2, -0.15) is 0 Å². The van der Waals surface area contributed by atoms with Crippen molar-refractivity contribution in [2.75, 3.05) is 37.4 Å². The number of carbonyl (C=O) groups excluding carboxylic acids is 3. The molecule has 0 fully saturated rings. The van der Waals surface area contributed by atoms with E-state index in [4.69, 9.17) is 4.74 Å². The number of para-hydroxylation sites is 1. The van der Waals surface area contributed by atoms with E-state index in [1.165, 1.54) is 15.9 Å². The molecule has 3 aromatic rings. The fourth-order valence-corrected chi connectivity index (χ4v) is 4.21. The van der Waals surface area contributed by atoms with Crippen molar-refractivity contribution in [1.29, 1.82) is 0 Å². The minimum atomic E-state index is -0.461. The van der Waals surface area contributed by atoms with Gasteiger partial charge in [0, 0.05) is 30.9 Å². The highest BCUT2D eigenvalue weighted by atomic mass is 16.5. The quantitative estimate of drug-likeness (QED) is 0.393. The van der Waals surface area contributed by atoms with E-state index in [2.05, 4.69) is 26.2 Å². The molecule has 0 saturated heterocycles. The fourth-order valence-electron chi connectivity index (χ4n) is 4.21. The summed E-state index contributed by atoms with van der Waals surface area (Å²) in [6.07, 6.45) is 0.862. The Morgan fingerprint density at radius 3 is 2.64 bits per heavy atom. The van der Waals surface area contributed by atoms with Gasteiger partial charge >= 0.3 is 6.03 Å². The number of urea groups is 1. The third-order valence-corrected chi connectivity index (χ3v) is 6.47. The lowest BCUT2D eigenvalue weighted by Gasteiger charge is -2.38. The number of ether oxygens (including phenoxy) is 1. The lowest BCUT2D eigenvalue weighted by molar-refractivity contribution is -0.116. The molecule has 2 heterocycles. The highest BCUT2D eigenvalue weighted by Gasteiger charge is 2.34. The first-order valence-corrected chi connectivity index (χ1v) is 12.6. The number of tetrazole rings is 1. The number of hydrogen-bond donors (Lipinski definition) is 3. The summed E-state index contributed by atoms with van der Waals surface area (Å²) in [5, 5.41) is 26.1. The second-order valence-electron chi connectivity index (χ2n) is 9.57. The number of amides is 4. The van der Waals surface area contributed by atoms with Crippen LogP contribution in [0.15, 0.2) is 54.9 Å². The predicted octanol–water partition coefficient (Wildman–Crippen LogP) is 1.70. The van der Waals surface area contributed by atoms with Crippen molar-refractivity contribution in [3.63, 3.8) is 0 Å². The number of aliphatic hydroxyl groups is 1. The second-order valence-corrected chi connectivity index (χ2v) is 9.57. The van der Waals surface area contributed by atoms with Gasteiger partial charge in [-0.05, 0) is 47.7 Å². The van der Waals surface area contributed by atoms with Crippen LogP contribution in [0.2, 0.25) is 0 Å². The standard InChI is InChI=1S/C26H32N8O5/c1-17-12-34(18(2)15-35)25(37)21-11-20(28-24(36)14-33-16-27-30-31-33)9-10-22(21)39-23(17)13-32(3)26(38)29-19-7-5-4-6-8-19/h4-11,16-18,23,35H,12-15H2,1-3H3,(H,28,36)(H,29,38)/t17-,18+,23-/m0/s1. The van der Waals surface area contributed by atoms with Gasteiger partial charge in [0.15, 0.2) is 0 Å². The maximum absolute atomic E-state index is 13.6. The molecule has 0 spiro atoms. The first kappa shape index (κ1) is 27.5. The summed E-state index contributed by atoms with van der Waals surface area (Å²) in [4.78, 5) is 42.0. The number of nitrogens with one attached hydrogen (secondary N) is 2. The van der Waals surface area contributed by atoms with E-state index in [9.17, 15) is 19.5 Å². The van der Waals surface area contributed by atoms with E-state index < -0.39 is 12.1 Å². The third kappa shape index (κ3) is 6.87. The molecule has 39 heavy (non-hydrogen) atoms. The highest BCUT2D eigenvalue weighted by Crippen LogP contribution is 2.30. The number of likely N-dealkylation sites (N-methyl/N-ethyl adjacent to an activating group) is 1. The van der Waals surface area contributed by atoms with Gasteiger partial charge < -0.3 is 30.3 Å². The number of aromatic nitrogens is 4. The average molecular weight is 537 g/mol. The summed E-state index contributed by atoms with van der Waals surface area (Å²) in [5.74, 6) is -0.552. The normalized spacial score (nSPS) is 17.7. The maximum Gasteiger partial charge on any atom is 0.321 e. The van der Waals surface area contributed by atoms with Crippen LogP contribution in [0, 0.1) is 5.92 Å². The van der Waals surface area contributed by atoms with Crippen molar-refractivity contribution in [3.05, 3.63) is 60.4 Å². The molecule has 206 valence electrons. The Morgan fingerprint density at radius 1 is 1.18 bits per heavy atom. The highest BCUT2D eigenvalue weighted by molar-refractivity contribution is 6.00. The number of nitrogens with zero attached hydrogens (tertiary/aromatic N) is 6. The molecule has 13 heteroatoms. The van der Waals surface area contributed by atoms with Gasteiger partial charge in [-0.15, -0.1) is 5.10 Å². The van der Waals surface area contributed by atoms with Crippen LogP contribution >= 0.6 is 0 Å². The molecular weight excluding hydrogens is 504 g/mol. The van der Waals surface area contributed by atoms with Crippen LogP contribution in [0.4, 0.5) is 16.2 Å². The molecule has 1 aromatic heterocycles.